The van der Waals surface area contributed by atoms with Gasteiger partial charge in [0.2, 0.25) is 5.88 Å². The Kier molecular flexibility index (Phi) is 11.9. The predicted octanol–water partition coefficient (Wildman–Crippen LogP) is 9.97. The number of hydrogen-bond acceptors (Lipinski definition) is 9. The van der Waals surface area contributed by atoms with Crippen molar-refractivity contribution in [1.29, 1.82) is 0 Å². The Bertz CT molecular complexity index is 2200. The molecule has 1 saturated heterocycles. The van der Waals surface area contributed by atoms with Gasteiger partial charge < -0.3 is 24.1 Å². The average molecular weight is 834 g/mol. The minimum Gasteiger partial charge on any atom is -0.480 e. The van der Waals surface area contributed by atoms with E-state index >= 15 is 0 Å². The molecule has 1 fully saturated rings. The van der Waals surface area contributed by atoms with Crippen LogP contribution < -0.4 is 10.1 Å². The van der Waals surface area contributed by atoms with E-state index in [0.29, 0.717) is 69.2 Å². The number of anilines is 1. The maximum atomic E-state index is 13.7. The highest BCUT2D eigenvalue weighted by Crippen LogP contribution is 2.43. The van der Waals surface area contributed by atoms with E-state index < -0.39 is 25.9 Å². The summed E-state index contributed by atoms with van der Waals surface area (Å²) in [6, 6.07) is 12.8. The summed E-state index contributed by atoms with van der Waals surface area (Å²) in [5, 5.41) is 3.82. The first-order valence-electron chi connectivity index (χ1n) is 19.3. The molecule has 4 heterocycles. The van der Waals surface area contributed by atoms with Crippen LogP contribution in [-0.4, -0.2) is 83.0 Å². The van der Waals surface area contributed by atoms with Gasteiger partial charge in [-0.2, -0.15) is 0 Å². The lowest BCUT2D eigenvalue weighted by Crippen LogP contribution is -2.65. The van der Waals surface area contributed by atoms with Gasteiger partial charge in [0.1, 0.15) is 17.0 Å². The summed E-state index contributed by atoms with van der Waals surface area (Å²) in [5.74, 6) is 0.00169. The molecule has 0 aliphatic carbocycles. The first kappa shape index (κ1) is 42.5. The number of carbonyl (C=O) groups excluding carboxylic acids is 2. The molecule has 0 unspecified atom stereocenters. The molecular formula is C43H54Cl2N6O5Si. The smallest absolute Gasteiger partial charge is 0.410 e. The van der Waals surface area contributed by atoms with Gasteiger partial charge in [0.15, 0.2) is 8.32 Å². The lowest BCUT2D eigenvalue weighted by Gasteiger charge is -2.53. The van der Waals surface area contributed by atoms with Crippen LogP contribution in [0.15, 0.2) is 48.7 Å². The van der Waals surface area contributed by atoms with Gasteiger partial charge in [-0.15, -0.1) is 0 Å². The lowest BCUT2D eigenvalue weighted by molar-refractivity contribution is -0.0772. The molecule has 57 heavy (non-hydrogen) atoms. The van der Waals surface area contributed by atoms with Gasteiger partial charge in [-0.3, -0.25) is 14.7 Å². The van der Waals surface area contributed by atoms with Crippen LogP contribution in [-0.2, 0) is 28.7 Å². The summed E-state index contributed by atoms with van der Waals surface area (Å²) in [7, 11) is -0.316. The molecule has 2 amide bonds. The maximum Gasteiger partial charge on any atom is 0.410 e. The van der Waals surface area contributed by atoms with Gasteiger partial charge in [0, 0.05) is 42.9 Å². The lowest BCUT2D eigenvalue weighted by atomic mass is 9.97. The molecule has 2 aromatic heterocycles. The first-order chi connectivity index (χ1) is 26.6. The predicted molar refractivity (Wildman–Crippen MR) is 229 cm³/mol. The number of amides is 2. The van der Waals surface area contributed by atoms with E-state index in [0.717, 1.165) is 29.9 Å². The number of benzene rings is 2. The molecule has 1 N–H and O–H groups in total. The van der Waals surface area contributed by atoms with Crippen molar-refractivity contribution in [3.63, 3.8) is 0 Å². The molecule has 14 heteroatoms. The third-order valence-electron chi connectivity index (χ3n) is 10.9. The Hall–Kier alpha value is -4.07. The number of pyridine rings is 1. The fourth-order valence-corrected chi connectivity index (χ4v) is 9.43. The van der Waals surface area contributed by atoms with Crippen molar-refractivity contribution in [3.05, 3.63) is 86.9 Å². The van der Waals surface area contributed by atoms with Crippen LogP contribution in [0, 0.1) is 6.92 Å². The second-order valence-electron chi connectivity index (χ2n) is 17.9. The number of halogens is 2. The summed E-state index contributed by atoms with van der Waals surface area (Å²) < 4.78 is 18.1. The third-order valence-corrected chi connectivity index (χ3v) is 16.3. The summed E-state index contributed by atoms with van der Waals surface area (Å²) in [4.78, 5) is 44.7. The van der Waals surface area contributed by atoms with Crippen molar-refractivity contribution in [3.8, 4) is 28.3 Å². The fraction of sp³-hybridized carbons (Fsp3) is 0.465. The SMILES string of the molecule is COc1nc(-c2cccc(-c3cccc(NC(=O)c4cc(C)c5c(n4)CN(C(=O)OC(C)(C)C)CC5)c3Cl)c2Cl)cnc1CN1CC(C)(O[Si](C)(C)C(C)(C)C)C1. The molecule has 0 spiro atoms. The number of methoxy groups -OCH3 is 1. The second-order valence-corrected chi connectivity index (χ2v) is 23.3. The van der Waals surface area contributed by atoms with E-state index in [1.165, 1.54) is 0 Å². The van der Waals surface area contributed by atoms with Gasteiger partial charge >= 0.3 is 6.09 Å². The number of nitrogens with one attached hydrogen (secondary N) is 1. The van der Waals surface area contributed by atoms with Crippen LogP contribution in [0.4, 0.5) is 10.5 Å². The van der Waals surface area contributed by atoms with E-state index in [2.05, 4.69) is 56.0 Å². The number of nitrogens with zero attached hydrogens (tertiary/aromatic N) is 5. The molecule has 0 saturated carbocycles. The quantitative estimate of drug-likeness (QED) is 0.164. The Morgan fingerprint density at radius 3 is 2.26 bits per heavy atom. The summed E-state index contributed by atoms with van der Waals surface area (Å²) in [6.45, 7) is 24.0. The standard InChI is InChI=1S/C43H54Cl2N6O5Si/c1-26-20-32(47-34-23-51(19-18-27(26)34)40(53)55-41(2,3)4)38(52)48-31-17-13-15-29(37(31)45)28-14-12-16-30(36(28)44)33-21-46-35(39(49-33)54-9)22-50-24-43(8,25-50)56-57(10,11)42(5,6)7/h12-17,20-21H,18-19,22-25H2,1-11H3,(H,48,52). The Balaban J connectivity index is 1.18. The summed E-state index contributed by atoms with van der Waals surface area (Å²) in [5.41, 5.74) is 5.67. The van der Waals surface area contributed by atoms with Crippen LogP contribution in [0.1, 0.15) is 81.5 Å². The minimum absolute atomic E-state index is 0.139. The van der Waals surface area contributed by atoms with Crippen molar-refractivity contribution in [2.75, 3.05) is 32.1 Å². The van der Waals surface area contributed by atoms with Crippen molar-refractivity contribution in [2.24, 2.45) is 0 Å². The summed E-state index contributed by atoms with van der Waals surface area (Å²) in [6.07, 6.45) is 1.93. The average Bonchev–Trinajstić information content (AvgIpc) is 3.10. The van der Waals surface area contributed by atoms with Crippen molar-refractivity contribution < 1.29 is 23.5 Å². The highest BCUT2D eigenvalue weighted by Gasteiger charge is 2.48. The monoisotopic (exact) mass is 832 g/mol. The van der Waals surface area contributed by atoms with Crippen LogP contribution in [0.2, 0.25) is 28.2 Å². The minimum atomic E-state index is -1.91. The van der Waals surface area contributed by atoms with Gasteiger partial charge in [-0.05, 0) is 82.4 Å². The largest absolute Gasteiger partial charge is 0.480 e. The molecule has 0 bridgehead atoms. The summed E-state index contributed by atoms with van der Waals surface area (Å²) >= 11 is 14.1. The Morgan fingerprint density at radius 1 is 0.965 bits per heavy atom. The van der Waals surface area contributed by atoms with E-state index in [-0.39, 0.29) is 22.9 Å². The number of carbonyl (C=O) groups is 2. The zero-order valence-corrected chi connectivity index (χ0v) is 37.4. The molecule has 4 aromatic rings. The number of aromatic nitrogens is 3. The maximum absolute atomic E-state index is 13.7. The first-order valence-corrected chi connectivity index (χ1v) is 22.9. The molecule has 304 valence electrons. The number of hydrogen-bond donors (Lipinski definition) is 1. The second kappa shape index (κ2) is 15.9. The van der Waals surface area contributed by atoms with Gasteiger partial charge in [-0.1, -0.05) is 74.3 Å². The topological polar surface area (TPSA) is 119 Å². The van der Waals surface area contributed by atoms with Crippen molar-refractivity contribution in [1.82, 2.24) is 24.8 Å². The Labute approximate surface area is 347 Å². The molecule has 0 radical (unpaired) electrons. The number of rotatable bonds is 9. The van der Waals surface area contributed by atoms with Gasteiger partial charge in [0.25, 0.3) is 5.91 Å². The fourth-order valence-electron chi connectivity index (χ4n) is 7.16. The van der Waals surface area contributed by atoms with Gasteiger partial charge in [0.05, 0.1) is 52.6 Å². The third kappa shape index (κ3) is 9.31. The van der Waals surface area contributed by atoms with Crippen molar-refractivity contribution in [2.45, 2.75) is 104 Å². The van der Waals surface area contributed by atoms with Gasteiger partial charge in [-0.25, -0.2) is 14.8 Å². The Morgan fingerprint density at radius 2 is 1.61 bits per heavy atom. The molecule has 0 atom stereocenters. The molecule has 2 aliphatic rings. The van der Waals surface area contributed by atoms with Crippen LogP contribution in [0.25, 0.3) is 22.4 Å². The number of likely N-dealkylation sites (tertiary alicyclic amines) is 1. The van der Waals surface area contributed by atoms with Crippen LogP contribution in [0.5, 0.6) is 5.88 Å². The zero-order valence-electron chi connectivity index (χ0n) is 34.9. The van der Waals surface area contributed by atoms with Crippen molar-refractivity contribution >= 4 is 49.2 Å². The molecule has 2 aliphatic heterocycles. The molecule has 2 aromatic carbocycles. The molecule has 6 rings (SSSR count). The highest BCUT2D eigenvalue weighted by atomic mass is 35.5. The number of aryl methyl sites for hydroxylation is 1. The number of fused-ring (bicyclic) bond motifs is 1. The van der Waals surface area contributed by atoms with E-state index in [1.807, 2.05) is 52.0 Å². The van der Waals surface area contributed by atoms with Crippen LogP contribution >= 0.6 is 23.2 Å². The van der Waals surface area contributed by atoms with E-state index in [9.17, 15) is 9.59 Å². The van der Waals surface area contributed by atoms with E-state index in [4.69, 9.17) is 47.1 Å². The van der Waals surface area contributed by atoms with E-state index in [1.54, 1.807) is 36.4 Å². The normalized spacial score (nSPS) is 15.8. The number of ether oxygens (including phenoxy) is 2. The molecule has 11 nitrogen and oxygen atoms in total. The zero-order chi connectivity index (χ0) is 41.7. The van der Waals surface area contributed by atoms with Crippen LogP contribution in [0.3, 0.4) is 0 Å². The highest BCUT2D eigenvalue weighted by molar-refractivity contribution is 6.74. The molecular weight excluding hydrogens is 780 g/mol.